The van der Waals surface area contributed by atoms with Crippen molar-refractivity contribution in [2.45, 2.75) is 39.0 Å². The Morgan fingerprint density at radius 2 is 1.21 bits per heavy atom. The quantitative estimate of drug-likeness (QED) is 0.0987. The van der Waals surface area contributed by atoms with Crippen molar-refractivity contribution < 1.29 is 33.4 Å². The summed E-state index contributed by atoms with van der Waals surface area (Å²) in [5.74, 6) is -1.38. The van der Waals surface area contributed by atoms with Crippen molar-refractivity contribution in [3.8, 4) is 22.6 Å². The second kappa shape index (κ2) is 13.5. The predicted molar refractivity (Wildman–Crippen MR) is 157 cm³/mol. The molecule has 0 aromatic heterocycles. The average Bonchev–Trinajstić information content (AvgIpc) is 3.01. The molecule has 0 N–H and O–H groups in total. The summed E-state index contributed by atoms with van der Waals surface area (Å²) in [6.07, 6.45) is 5.87. The number of esters is 2. The van der Waals surface area contributed by atoms with Gasteiger partial charge in [0.15, 0.2) is 0 Å². The number of barbiturate groups is 1. The molecule has 4 amide bonds. The molecule has 42 heavy (non-hydrogen) atoms. The maximum Gasteiger partial charge on any atom is 0.343 e. The lowest BCUT2D eigenvalue weighted by atomic mass is 10.0. The second-order valence-electron chi connectivity index (χ2n) is 9.91. The van der Waals surface area contributed by atoms with Crippen molar-refractivity contribution in [2.75, 3.05) is 14.1 Å². The van der Waals surface area contributed by atoms with Crippen LogP contribution in [0.2, 0.25) is 0 Å². The lowest BCUT2D eigenvalue weighted by Gasteiger charge is -2.28. The van der Waals surface area contributed by atoms with E-state index in [1.54, 1.807) is 60.7 Å². The molecule has 9 heteroatoms. The third-order valence-electron chi connectivity index (χ3n) is 6.82. The molecule has 1 saturated heterocycles. The molecular formula is C33H32N2O7. The van der Waals surface area contributed by atoms with Crippen LogP contribution in [-0.2, 0) is 14.4 Å². The van der Waals surface area contributed by atoms with Crippen molar-refractivity contribution >= 4 is 35.9 Å². The molecule has 0 bridgehead atoms. The summed E-state index contributed by atoms with van der Waals surface area (Å²) in [6, 6.07) is 19.7. The number of carbonyl (C=O) groups is 5. The number of nitrogens with zero attached hydrogens (tertiary/aromatic N) is 2. The van der Waals surface area contributed by atoms with E-state index in [-0.39, 0.29) is 17.3 Å². The summed E-state index contributed by atoms with van der Waals surface area (Å²) in [4.78, 5) is 63.1. The number of amides is 4. The van der Waals surface area contributed by atoms with Crippen molar-refractivity contribution in [2.24, 2.45) is 0 Å². The number of urea groups is 1. The van der Waals surface area contributed by atoms with Gasteiger partial charge < -0.3 is 9.47 Å². The highest BCUT2D eigenvalue weighted by molar-refractivity contribution is 6.30. The monoisotopic (exact) mass is 568 g/mol. The molecule has 1 fully saturated rings. The summed E-state index contributed by atoms with van der Waals surface area (Å²) in [6.45, 7) is 2.12. The third-order valence-corrected chi connectivity index (χ3v) is 6.82. The van der Waals surface area contributed by atoms with Crippen LogP contribution in [0.5, 0.6) is 11.5 Å². The zero-order chi connectivity index (χ0) is 30.2. The first-order chi connectivity index (χ1) is 20.2. The number of likely N-dealkylation sites (N-methyl/N-ethyl adjacent to an activating group) is 2. The summed E-state index contributed by atoms with van der Waals surface area (Å²) in [7, 11) is 2.62. The van der Waals surface area contributed by atoms with Crippen LogP contribution in [0.25, 0.3) is 17.2 Å². The number of rotatable bonds is 10. The van der Waals surface area contributed by atoms with Gasteiger partial charge in [-0.05, 0) is 65.6 Å². The van der Waals surface area contributed by atoms with Crippen molar-refractivity contribution in [3.05, 3.63) is 89.5 Å². The average molecular weight is 569 g/mol. The Balaban J connectivity index is 1.34. The number of hydrogen-bond donors (Lipinski definition) is 0. The zero-order valence-corrected chi connectivity index (χ0v) is 23.8. The van der Waals surface area contributed by atoms with Gasteiger partial charge in [0.05, 0.1) is 5.56 Å². The number of carbonyl (C=O) groups excluding carboxylic acids is 5. The topological polar surface area (TPSA) is 110 Å². The molecule has 4 rings (SSSR count). The van der Waals surface area contributed by atoms with Gasteiger partial charge in [0.2, 0.25) is 0 Å². The van der Waals surface area contributed by atoms with Crippen LogP contribution in [0, 0.1) is 0 Å². The lowest BCUT2D eigenvalue weighted by Crippen LogP contribution is -2.52. The second-order valence-corrected chi connectivity index (χ2v) is 9.91. The van der Waals surface area contributed by atoms with Crippen LogP contribution in [0.3, 0.4) is 0 Å². The SMILES string of the molecule is CCCCCCC(=O)Oc1ccc(-c2ccc(C(=O)Oc3ccc(C=C4C(=O)N(C)C(=O)N(C)C4=O)cc3)cc2)cc1. The summed E-state index contributed by atoms with van der Waals surface area (Å²) in [5.41, 5.74) is 2.52. The van der Waals surface area contributed by atoms with E-state index >= 15 is 0 Å². The fraction of sp³-hybridized carbons (Fsp3) is 0.242. The molecule has 1 aliphatic rings. The molecule has 0 saturated carbocycles. The molecule has 9 nitrogen and oxygen atoms in total. The van der Waals surface area contributed by atoms with Gasteiger partial charge in [0, 0.05) is 20.5 Å². The first-order valence-corrected chi connectivity index (χ1v) is 13.7. The van der Waals surface area contributed by atoms with E-state index in [2.05, 4.69) is 6.92 Å². The van der Waals surface area contributed by atoms with Crippen molar-refractivity contribution in [1.82, 2.24) is 9.80 Å². The maximum atomic E-state index is 12.7. The minimum atomic E-state index is -0.693. The molecule has 0 unspecified atom stereocenters. The van der Waals surface area contributed by atoms with Crippen molar-refractivity contribution in [1.29, 1.82) is 0 Å². The molecular weight excluding hydrogens is 536 g/mol. The smallest absolute Gasteiger partial charge is 0.343 e. The van der Waals surface area contributed by atoms with Crippen LogP contribution in [0.15, 0.2) is 78.4 Å². The van der Waals surface area contributed by atoms with Gasteiger partial charge in [0.1, 0.15) is 17.1 Å². The Labute approximate surface area is 244 Å². The van der Waals surface area contributed by atoms with E-state index in [0.29, 0.717) is 23.3 Å². The van der Waals surface area contributed by atoms with Gasteiger partial charge in [-0.25, -0.2) is 9.59 Å². The number of hydrogen-bond acceptors (Lipinski definition) is 7. The molecule has 1 aliphatic heterocycles. The lowest BCUT2D eigenvalue weighted by molar-refractivity contribution is -0.135. The Morgan fingerprint density at radius 3 is 1.79 bits per heavy atom. The molecule has 1 heterocycles. The van der Waals surface area contributed by atoms with Gasteiger partial charge in [-0.15, -0.1) is 0 Å². The van der Waals surface area contributed by atoms with E-state index < -0.39 is 23.8 Å². The van der Waals surface area contributed by atoms with Gasteiger partial charge in [0.25, 0.3) is 11.8 Å². The standard InChI is InChI=1S/C33H32N2O7/c1-4-5-6-7-8-29(36)41-26-19-15-24(16-20-26)23-11-13-25(14-12-23)32(39)42-27-17-9-22(10-18-27)21-28-30(37)34(2)33(40)35(3)31(28)38/h9-21H,4-8H2,1-3H3. The van der Waals surface area contributed by atoms with E-state index in [9.17, 15) is 24.0 Å². The van der Waals surface area contributed by atoms with E-state index in [1.165, 1.54) is 20.2 Å². The van der Waals surface area contributed by atoms with Gasteiger partial charge >= 0.3 is 18.0 Å². The van der Waals surface area contributed by atoms with Crippen LogP contribution in [-0.4, -0.2) is 53.7 Å². The van der Waals surface area contributed by atoms with Gasteiger partial charge in [-0.2, -0.15) is 0 Å². The Morgan fingerprint density at radius 1 is 0.690 bits per heavy atom. The molecule has 0 spiro atoms. The first-order valence-electron chi connectivity index (χ1n) is 13.7. The highest BCUT2D eigenvalue weighted by Crippen LogP contribution is 2.24. The summed E-state index contributed by atoms with van der Waals surface area (Å²) >= 11 is 0. The fourth-order valence-corrected chi connectivity index (χ4v) is 4.33. The Kier molecular flexibility index (Phi) is 9.65. The highest BCUT2D eigenvalue weighted by atomic mass is 16.5. The molecule has 0 atom stereocenters. The highest BCUT2D eigenvalue weighted by Gasteiger charge is 2.37. The number of unbranched alkanes of at least 4 members (excludes halogenated alkanes) is 3. The summed E-state index contributed by atoms with van der Waals surface area (Å²) < 4.78 is 10.9. The Bertz CT molecular complexity index is 1480. The van der Waals surface area contributed by atoms with E-state index in [0.717, 1.165) is 46.6 Å². The van der Waals surface area contributed by atoms with Gasteiger partial charge in [-0.3, -0.25) is 24.2 Å². The maximum absolute atomic E-state index is 12.7. The van der Waals surface area contributed by atoms with E-state index in [1.807, 2.05) is 12.1 Å². The fourth-order valence-electron chi connectivity index (χ4n) is 4.33. The minimum absolute atomic E-state index is 0.141. The molecule has 0 aliphatic carbocycles. The Hall–Kier alpha value is -5.05. The number of benzene rings is 3. The minimum Gasteiger partial charge on any atom is -0.427 e. The number of imide groups is 2. The number of ether oxygens (including phenoxy) is 2. The molecule has 3 aromatic rings. The zero-order valence-electron chi connectivity index (χ0n) is 23.8. The summed E-state index contributed by atoms with van der Waals surface area (Å²) in [5, 5.41) is 0. The molecule has 216 valence electrons. The molecule has 0 radical (unpaired) electrons. The normalized spacial score (nSPS) is 13.3. The van der Waals surface area contributed by atoms with Crippen LogP contribution >= 0.6 is 0 Å². The van der Waals surface area contributed by atoms with Gasteiger partial charge in [-0.1, -0.05) is 62.6 Å². The van der Waals surface area contributed by atoms with Crippen molar-refractivity contribution in [3.63, 3.8) is 0 Å². The van der Waals surface area contributed by atoms with Crippen LogP contribution < -0.4 is 9.47 Å². The van der Waals surface area contributed by atoms with Crippen LogP contribution in [0.1, 0.15) is 54.9 Å². The first kappa shape index (κ1) is 29.9. The third kappa shape index (κ3) is 7.17. The molecule has 3 aromatic carbocycles. The van der Waals surface area contributed by atoms with Crippen LogP contribution in [0.4, 0.5) is 4.79 Å². The predicted octanol–water partition coefficient (Wildman–Crippen LogP) is 5.88. The largest absolute Gasteiger partial charge is 0.427 e. The van der Waals surface area contributed by atoms with E-state index in [4.69, 9.17) is 9.47 Å².